The SMILES string of the molecule is C[C@@H]1C[C@]23CC[C@H]4C(C)(CC(=O)O)C(=O)CC[C@]4(C)[C@H]2CC[C@@H]1C3. The molecular formula is C21H32O3. The third-order valence-corrected chi connectivity index (χ3v) is 9.11. The highest BCUT2D eigenvalue weighted by atomic mass is 16.4. The summed E-state index contributed by atoms with van der Waals surface area (Å²) in [7, 11) is 0. The van der Waals surface area contributed by atoms with Crippen LogP contribution in [0.5, 0.6) is 0 Å². The van der Waals surface area contributed by atoms with Crippen molar-refractivity contribution in [1.29, 1.82) is 0 Å². The van der Waals surface area contributed by atoms with Gasteiger partial charge in [0, 0.05) is 11.8 Å². The number of ketones is 1. The Bertz CT molecular complexity index is 580. The summed E-state index contributed by atoms with van der Waals surface area (Å²) in [6, 6.07) is 0. The lowest BCUT2D eigenvalue weighted by Crippen LogP contribution is -2.59. The molecule has 1 N–H and O–H groups in total. The van der Waals surface area contributed by atoms with E-state index in [0.717, 1.165) is 24.7 Å². The van der Waals surface area contributed by atoms with Crippen molar-refractivity contribution in [2.24, 2.45) is 39.9 Å². The third kappa shape index (κ3) is 2.02. The molecule has 3 heteroatoms. The van der Waals surface area contributed by atoms with Gasteiger partial charge in [0.2, 0.25) is 0 Å². The summed E-state index contributed by atoms with van der Waals surface area (Å²) in [6.45, 7) is 6.82. The molecule has 4 fully saturated rings. The topological polar surface area (TPSA) is 54.4 Å². The number of carbonyl (C=O) groups excluding carboxylic acids is 1. The van der Waals surface area contributed by atoms with Gasteiger partial charge in [-0.15, -0.1) is 0 Å². The van der Waals surface area contributed by atoms with E-state index >= 15 is 0 Å². The van der Waals surface area contributed by atoms with Crippen molar-refractivity contribution in [3.8, 4) is 0 Å². The van der Waals surface area contributed by atoms with Crippen LogP contribution in [0.25, 0.3) is 0 Å². The minimum Gasteiger partial charge on any atom is -0.481 e. The number of carboxylic acid groups (broad SMARTS) is 1. The number of hydrogen-bond donors (Lipinski definition) is 1. The van der Waals surface area contributed by atoms with Gasteiger partial charge in [-0.3, -0.25) is 9.59 Å². The first-order valence-corrected chi connectivity index (χ1v) is 9.96. The largest absolute Gasteiger partial charge is 0.481 e. The fourth-order valence-corrected chi connectivity index (χ4v) is 8.18. The average Bonchev–Trinajstić information content (AvgIpc) is 2.72. The first-order chi connectivity index (χ1) is 11.2. The van der Waals surface area contributed by atoms with E-state index in [1.165, 1.54) is 32.1 Å². The third-order valence-electron chi connectivity index (χ3n) is 9.11. The minimum absolute atomic E-state index is 0.0187. The summed E-state index contributed by atoms with van der Waals surface area (Å²) < 4.78 is 0. The molecule has 0 saturated heterocycles. The molecule has 134 valence electrons. The van der Waals surface area contributed by atoms with Gasteiger partial charge in [0.1, 0.15) is 5.78 Å². The van der Waals surface area contributed by atoms with E-state index in [1.807, 2.05) is 6.92 Å². The van der Waals surface area contributed by atoms with E-state index in [0.29, 0.717) is 17.8 Å². The van der Waals surface area contributed by atoms with E-state index < -0.39 is 11.4 Å². The number of aliphatic carboxylic acids is 1. The van der Waals surface area contributed by atoms with Gasteiger partial charge in [0.15, 0.2) is 0 Å². The summed E-state index contributed by atoms with van der Waals surface area (Å²) in [5.41, 5.74) is 0.00497. The van der Waals surface area contributed by atoms with E-state index in [1.54, 1.807) is 0 Å². The maximum Gasteiger partial charge on any atom is 0.304 e. The van der Waals surface area contributed by atoms with Gasteiger partial charge in [-0.2, -0.15) is 0 Å². The molecule has 4 saturated carbocycles. The molecule has 0 aliphatic heterocycles. The van der Waals surface area contributed by atoms with Crippen LogP contribution in [0.1, 0.15) is 78.6 Å². The Morgan fingerprint density at radius 1 is 1.12 bits per heavy atom. The number of carbonyl (C=O) groups is 2. The zero-order chi connectivity index (χ0) is 17.3. The summed E-state index contributed by atoms with van der Waals surface area (Å²) in [4.78, 5) is 24.3. The lowest BCUT2D eigenvalue weighted by molar-refractivity contribution is -0.174. The van der Waals surface area contributed by atoms with Gasteiger partial charge in [0.25, 0.3) is 0 Å². The normalized spacial score (nSPS) is 53.4. The number of hydrogen-bond acceptors (Lipinski definition) is 2. The highest BCUT2D eigenvalue weighted by molar-refractivity contribution is 5.89. The molecule has 24 heavy (non-hydrogen) atoms. The fraction of sp³-hybridized carbons (Fsp3) is 0.905. The summed E-state index contributed by atoms with van der Waals surface area (Å²) in [5, 5.41) is 9.44. The molecular weight excluding hydrogens is 300 g/mol. The van der Waals surface area contributed by atoms with Gasteiger partial charge in [0.05, 0.1) is 6.42 Å². The summed E-state index contributed by atoms with van der Waals surface area (Å²) >= 11 is 0. The number of fused-ring (bicyclic) bond motifs is 3. The zero-order valence-electron chi connectivity index (χ0n) is 15.4. The number of rotatable bonds is 2. The van der Waals surface area contributed by atoms with Crippen molar-refractivity contribution in [3.05, 3.63) is 0 Å². The van der Waals surface area contributed by atoms with Crippen LogP contribution < -0.4 is 0 Å². The van der Waals surface area contributed by atoms with Crippen molar-refractivity contribution in [3.63, 3.8) is 0 Å². The van der Waals surface area contributed by atoms with Crippen LogP contribution in [-0.4, -0.2) is 16.9 Å². The van der Waals surface area contributed by atoms with Gasteiger partial charge in [-0.05, 0) is 79.4 Å². The van der Waals surface area contributed by atoms with Crippen LogP contribution in [-0.2, 0) is 9.59 Å². The minimum atomic E-state index is -0.811. The van der Waals surface area contributed by atoms with Crippen LogP contribution in [0.3, 0.4) is 0 Å². The zero-order valence-corrected chi connectivity index (χ0v) is 15.4. The quantitative estimate of drug-likeness (QED) is 0.798. The van der Waals surface area contributed by atoms with Crippen molar-refractivity contribution < 1.29 is 14.7 Å². The van der Waals surface area contributed by atoms with Gasteiger partial charge in [-0.25, -0.2) is 0 Å². The van der Waals surface area contributed by atoms with Gasteiger partial charge in [-0.1, -0.05) is 20.8 Å². The lowest BCUT2D eigenvalue weighted by atomic mass is 9.40. The lowest BCUT2D eigenvalue weighted by Gasteiger charge is -2.63. The first-order valence-electron chi connectivity index (χ1n) is 9.96. The predicted molar refractivity (Wildman–Crippen MR) is 92.5 cm³/mol. The van der Waals surface area contributed by atoms with E-state index in [9.17, 15) is 14.7 Å². The Hall–Kier alpha value is -0.860. The molecule has 4 rings (SSSR count). The molecule has 7 atom stereocenters. The summed E-state index contributed by atoms with van der Waals surface area (Å²) in [5.74, 6) is 2.12. The second-order valence-corrected chi connectivity index (χ2v) is 10.1. The van der Waals surface area contributed by atoms with Gasteiger partial charge < -0.3 is 5.11 Å². The van der Waals surface area contributed by atoms with Crippen LogP contribution in [0, 0.1) is 39.9 Å². The molecule has 0 amide bonds. The monoisotopic (exact) mass is 332 g/mol. The standard InChI is InChI=1S/C21H32O3/c1-13-10-21-9-6-15-19(2,16(21)5-4-14(13)11-21)8-7-17(22)20(15,3)12-18(23)24/h13-16H,4-12H2,1-3H3,(H,23,24)/t13-,14-,15-,16-,19+,20?,21+/m1/s1. The molecule has 2 bridgehead atoms. The molecule has 0 aromatic heterocycles. The Morgan fingerprint density at radius 3 is 2.58 bits per heavy atom. The molecule has 4 aliphatic rings. The molecule has 0 radical (unpaired) electrons. The smallest absolute Gasteiger partial charge is 0.304 e. The molecule has 1 spiro atoms. The highest BCUT2D eigenvalue weighted by Crippen LogP contribution is 2.72. The number of carboxylic acids is 1. The van der Waals surface area contributed by atoms with Crippen LogP contribution in [0.4, 0.5) is 0 Å². The molecule has 1 unspecified atom stereocenters. The fourth-order valence-electron chi connectivity index (χ4n) is 8.18. The predicted octanol–water partition coefficient (Wildman–Crippen LogP) is 4.69. The molecule has 0 aromatic carbocycles. The van der Waals surface area contributed by atoms with E-state index in [4.69, 9.17) is 0 Å². The van der Waals surface area contributed by atoms with Gasteiger partial charge >= 0.3 is 5.97 Å². The van der Waals surface area contributed by atoms with Crippen LogP contribution in [0.15, 0.2) is 0 Å². The maximum absolute atomic E-state index is 12.8. The van der Waals surface area contributed by atoms with Crippen molar-refractivity contribution in [2.75, 3.05) is 0 Å². The maximum atomic E-state index is 12.8. The summed E-state index contributed by atoms with van der Waals surface area (Å²) in [6.07, 6.45) is 9.28. The van der Waals surface area contributed by atoms with Crippen LogP contribution in [0.2, 0.25) is 0 Å². The molecule has 0 aromatic rings. The second kappa shape index (κ2) is 5.08. The van der Waals surface area contributed by atoms with Crippen LogP contribution >= 0.6 is 0 Å². The Labute approximate surface area is 145 Å². The Morgan fingerprint density at radius 2 is 1.88 bits per heavy atom. The van der Waals surface area contributed by atoms with E-state index in [2.05, 4.69) is 13.8 Å². The number of Topliss-reactive ketones (excluding diaryl/α,β-unsaturated/α-hetero) is 1. The first kappa shape index (κ1) is 16.6. The Kier molecular flexibility index (Phi) is 3.51. The van der Waals surface area contributed by atoms with E-state index in [-0.39, 0.29) is 23.5 Å². The molecule has 4 aliphatic carbocycles. The highest BCUT2D eigenvalue weighted by Gasteiger charge is 2.65. The molecule has 3 nitrogen and oxygen atoms in total. The second-order valence-electron chi connectivity index (χ2n) is 10.1. The van der Waals surface area contributed by atoms with Crippen molar-refractivity contribution in [2.45, 2.75) is 78.6 Å². The molecule has 0 heterocycles. The average molecular weight is 332 g/mol. The van der Waals surface area contributed by atoms with Crippen molar-refractivity contribution in [1.82, 2.24) is 0 Å². The Balaban J connectivity index is 1.72. The van der Waals surface area contributed by atoms with Crippen molar-refractivity contribution >= 4 is 11.8 Å².